The largest absolute Gasteiger partial charge is 0.458 e. The van der Waals surface area contributed by atoms with Gasteiger partial charge in [-0.2, -0.15) is 0 Å². The summed E-state index contributed by atoms with van der Waals surface area (Å²) in [5.74, 6) is 0.323. The molecular weight excluding hydrogens is 514 g/mol. The molecule has 0 heterocycles. The minimum atomic E-state index is -0.564. The molecule has 5 aliphatic carbocycles. The molecule has 41 heavy (non-hydrogen) atoms. The fourth-order valence-corrected chi connectivity index (χ4v) is 11.5. The van der Waals surface area contributed by atoms with Crippen molar-refractivity contribution in [2.75, 3.05) is 6.54 Å². The number of rotatable bonds is 4. The number of aliphatic hydroxyl groups excluding tert-OH is 2. The third kappa shape index (κ3) is 4.61. The summed E-state index contributed by atoms with van der Waals surface area (Å²) in [5, 5.41) is 23.0. The van der Waals surface area contributed by atoms with Gasteiger partial charge in [0.15, 0.2) is 5.78 Å². The summed E-state index contributed by atoms with van der Waals surface area (Å²) in [7, 11) is 0. The number of ketones is 1. The van der Waals surface area contributed by atoms with Crippen LogP contribution in [0.25, 0.3) is 0 Å². The van der Waals surface area contributed by atoms with Gasteiger partial charge in [-0.1, -0.05) is 31.9 Å². The maximum absolute atomic E-state index is 13.6. The second kappa shape index (κ2) is 10.9. The maximum atomic E-state index is 13.6. The molecule has 0 aliphatic heterocycles. The van der Waals surface area contributed by atoms with E-state index in [1.165, 1.54) is 18.1 Å². The molecule has 0 spiro atoms. The smallest absolute Gasteiger partial charge is 0.303 e. The highest BCUT2D eigenvalue weighted by molar-refractivity contribution is 5.95. The van der Waals surface area contributed by atoms with Crippen LogP contribution in [0.3, 0.4) is 0 Å². The Hall–Kier alpha value is -1.50. The molecule has 1 unspecified atom stereocenters. The topological polar surface area (TPSA) is 110 Å². The highest BCUT2D eigenvalue weighted by Crippen LogP contribution is 2.74. The van der Waals surface area contributed by atoms with Crippen molar-refractivity contribution in [1.29, 1.82) is 0 Å². The van der Waals surface area contributed by atoms with Crippen molar-refractivity contribution in [3.63, 3.8) is 0 Å². The molecule has 5 fully saturated rings. The molecule has 0 amide bonds. The van der Waals surface area contributed by atoms with E-state index >= 15 is 0 Å². The van der Waals surface area contributed by atoms with Gasteiger partial charge in [0, 0.05) is 12.5 Å². The monoisotopic (exact) mass is 569 g/mol. The molecule has 5 rings (SSSR count). The molecule has 0 saturated heterocycles. The van der Waals surface area contributed by atoms with Crippen LogP contribution in [0.2, 0.25) is 0 Å². The Morgan fingerprint density at radius 3 is 2.34 bits per heavy atom. The summed E-state index contributed by atoms with van der Waals surface area (Å²) >= 11 is 0. The first-order chi connectivity index (χ1) is 19.2. The van der Waals surface area contributed by atoms with Gasteiger partial charge in [0.25, 0.3) is 0 Å². The summed E-state index contributed by atoms with van der Waals surface area (Å²) in [6, 6.07) is 0. The van der Waals surface area contributed by atoms with E-state index in [1.54, 1.807) is 6.92 Å². The Morgan fingerprint density at radius 2 is 1.73 bits per heavy atom. The van der Waals surface area contributed by atoms with E-state index < -0.39 is 12.2 Å². The lowest BCUT2D eigenvalue weighted by Crippen LogP contribution is -2.68. The van der Waals surface area contributed by atoms with Gasteiger partial charge in [0.05, 0.1) is 12.2 Å². The fraction of sp³-hybridized carbons (Fsp3) is 0.829. The van der Waals surface area contributed by atoms with Crippen LogP contribution >= 0.6 is 0 Å². The van der Waals surface area contributed by atoms with E-state index in [1.807, 2.05) is 0 Å². The van der Waals surface area contributed by atoms with Crippen molar-refractivity contribution in [3.8, 4) is 0 Å². The number of aliphatic hydroxyl groups is 2. The molecule has 5 aliphatic rings. The average molecular weight is 570 g/mol. The van der Waals surface area contributed by atoms with Crippen molar-refractivity contribution >= 4 is 11.8 Å². The Bertz CT molecular complexity index is 1140. The molecule has 5 saturated carbocycles. The first kappa shape index (κ1) is 30.9. The Labute approximate surface area is 247 Å². The van der Waals surface area contributed by atoms with Crippen LogP contribution in [-0.4, -0.2) is 46.8 Å². The Balaban J connectivity index is 1.66. The van der Waals surface area contributed by atoms with E-state index in [-0.39, 0.29) is 57.8 Å². The second-order valence-electron chi connectivity index (χ2n) is 15.4. The second-order valence-corrected chi connectivity index (χ2v) is 15.4. The third-order valence-corrected chi connectivity index (χ3v) is 13.4. The number of hydrogen-bond donors (Lipinski definition) is 3. The van der Waals surface area contributed by atoms with Crippen LogP contribution in [0.5, 0.6) is 0 Å². The van der Waals surface area contributed by atoms with Gasteiger partial charge < -0.3 is 20.7 Å². The van der Waals surface area contributed by atoms with Crippen LogP contribution < -0.4 is 5.73 Å². The first-order valence-electron chi connectivity index (χ1n) is 16.3. The van der Waals surface area contributed by atoms with E-state index in [9.17, 15) is 19.8 Å². The number of allylic oxidation sites excluding steroid dienone is 3. The molecule has 0 aromatic carbocycles. The van der Waals surface area contributed by atoms with Gasteiger partial charge >= 0.3 is 5.97 Å². The molecule has 6 heteroatoms. The van der Waals surface area contributed by atoms with Gasteiger partial charge in [0.1, 0.15) is 6.10 Å². The van der Waals surface area contributed by atoms with Crippen LogP contribution in [0, 0.1) is 45.8 Å². The Kier molecular flexibility index (Phi) is 8.22. The quantitative estimate of drug-likeness (QED) is 0.221. The van der Waals surface area contributed by atoms with Crippen LogP contribution in [-0.2, 0) is 14.3 Å². The van der Waals surface area contributed by atoms with Crippen LogP contribution in [0.1, 0.15) is 113 Å². The summed E-state index contributed by atoms with van der Waals surface area (Å²) < 4.78 is 6.13. The number of nitrogens with two attached hydrogens (primary N) is 1. The number of ether oxygens (including phenoxy) is 1. The normalized spacial score (nSPS) is 47.1. The highest BCUT2D eigenvalue weighted by Gasteiger charge is 2.72. The standard InChI is InChI=1S/C35H55NO5/c1-19(2)23-9-8-10-24(15-23)30(21(4)37)31-26-16-28(40)32-33(6)13-12-27(39)20(3)25(33)11-14-35(32,18-36)34(26,7)17-29(31)41-22(5)38/h20,24-29,32,39-40H,8-18,36H2,1-7H3/b31-30+/t20-,24?,25-,26-,27+,28+,29-,32-,33-,34-,35+/m0/s1. The van der Waals surface area contributed by atoms with Crippen molar-refractivity contribution in [3.05, 3.63) is 22.3 Å². The SMILES string of the molecule is CC(=O)O[C@H]1C[C@@]2(C)[C@@H](C[C@@H](O)[C@H]3[C@@]4(C)CC[C@@H](O)[C@@H](C)[C@@H]4CC[C@@]32CN)/C1=C(/C(C)=O)C1CCCC(=C(C)C)C1. The van der Waals surface area contributed by atoms with Crippen molar-refractivity contribution in [1.82, 2.24) is 0 Å². The zero-order valence-electron chi connectivity index (χ0n) is 26.6. The van der Waals surface area contributed by atoms with Gasteiger partial charge in [-0.3, -0.25) is 9.59 Å². The zero-order valence-corrected chi connectivity index (χ0v) is 26.6. The summed E-state index contributed by atoms with van der Waals surface area (Å²) in [6.45, 7) is 14.8. The average Bonchev–Trinajstić information content (AvgIpc) is 3.17. The summed E-state index contributed by atoms with van der Waals surface area (Å²) in [6.07, 6.45) is 7.35. The number of esters is 1. The maximum Gasteiger partial charge on any atom is 0.303 e. The molecule has 0 aromatic heterocycles. The number of carbonyl (C=O) groups excluding carboxylic acids is 2. The molecular formula is C35H55NO5. The number of hydrogen-bond acceptors (Lipinski definition) is 6. The van der Waals surface area contributed by atoms with Crippen LogP contribution in [0.15, 0.2) is 22.3 Å². The highest BCUT2D eigenvalue weighted by atomic mass is 16.5. The van der Waals surface area contributed by atoms with Crippen LogP contribution in [0.4, 0.5) is 0 Å². The minimum Gasteiger partial charge on any atom is -0.458 e. The van der Waals surface area contributed by atoms with E-state index in [2.05, 4.69) is 34.6 Å². The first-order valence-corrected chi connectivity index (χ1v) is 16.3. The van der Waals surface area contributed by atoms with Crippen molar-refractivity contribution < 1.29 is 24.5 Å². The van der Waals surface area contributed by atoms with E-state index in [4.69, 9.17) is 10.5 Å². The van der Waals surface area contributed by atoms with Gasteiger partial charge in [-0.25, -0.2) is 0 Å². The molecule has 230 valence electrons. The molecule has 0 radical (unpaired) electrons. The van der Waals surface area contributed by atoms with Gasteiger partial charge in [-0.05, 0) is 143 Å². The van der Waals surface area contributed by atoms with Gasteiger partial charge in [-0.15, -0.1) is 0 Å². The fourth-order valence-electron chi connectivity index (χ4n) is 11.5. The van der Waals surface area contributed by atoms with Gasteiger partial charge in [0.2, 0.25) is 0 Å². The summed E-state index contributed by atoms with van der Waals surface area (Å²) in [5.41, 5.74) is 10.7. The van der Waals surface area contributed by atoms with E-state index in [0.29, 0.717) is 25.3 Å². The van der Waals surface area contributed by atoms with Crippen molar-refractivity contribution in [2.45, 2.75) is 131 Å². The lowest BCUT2D eigenvalue weighted by molar-refractivity contribution is -0.237. The lowest BCUT2D eigenvalue weighted by Gasteiger charge is -2.69. The molecule has 0 bridgehead atoms. The molecule has 4 N–H and O–H groups in total. The third-order valence-electron chi connectivity index (χ3n) is 13.4. The Morgan fingerprint density at radius 1 is 1.02 bits per heavy atom. The predicted octanol–water partition coefficient (Wildman–Crippen LogP) is 5.89. The number of fused-ring (bicyclic) bond motifs is 5. The van der Waals surface area contributed by atoms with E-state index in [0.717, 1.165) is 62.5 Å². The summed E-state index contributed by atoms with van der Waals surface area (Å²) in [4.78, 5) is 26.1. The predicted molar refractivity (Wildman–Crippen MR) is 161 cm³/mol. The number of Topliss-reactive ketones (excluding diaryl/α,β-unsaturated/α-hetero) is 1. The zero-order chi connectivity index (χ0) is 30.1. The number of carbonyl (C=O) groups is 2. The minimum absolute atomic E-state index is 0.0000126. The molecule has 0 aromatic rings. The lowest BCUT2D eigenvalue weighted by atomic mass is 9.36. The molecule has 6 nitrogen and oxygen atoms in total. The molecule has 11 atom stereocenters. The van der Waals surface area contributed by atoms with Crippen molar-refractivity contribution in [2.24, 2.45) is 51.6 Å².